The lowest BCUT2D eigenvalue weighted by Gasteiger charge is -2.31. The number of aryl methyl sites for hydroxylation is 1. The van der Waals surface area contributed by atoms with E-state index >= 15 is 0 Å². The summed E-state index contributed by atoms with van der Waals surface area (Å²) in [5, 5.41) is 25.6. The summed E-state index contributed by atoms with van der Waals surface area (Å²) in [7, 11) is -8.43. The molecule has 2 amide bonds. The standard InChI is InChI=1S/C23H40N4O13P2/c1-6-36-41(34,37-7-2)23(42(35,38-8-3)39-9-4)25-15(28)11-10-12-24-20(32)18-16(29)17(30)21(40-18)27-13-14(5)19(31)26-22(27)33/h13,16-18,21,23,29-30H,6-12H2,1-5H3,(H,24,32)(H,25,28)(H,26,31,33)/t16-,17+,18+,21-/m1/s1. The van der Waals surface area contributed by atoms with Crippen LogP contribution in [-0.4, -0.2) is 88.4 Å². The highest BCUT2D eigenvalue weighted by molar-refractivity contribution is 7.72. The molecule has 2 rings (SSSR count). The second-order valence-electron chi connectivity index (χ2n) is 8.99. The van der Waals surface area contributed by atoms with E-state index in [0.717, 1.165) is 10.8 Å². The number of aromatic nitrogens is 2. The molecule has 1 saturated heterocycles. The van der Waals surface area contributed by atoms with E-state index in [4.69, 9.17) is 22.8 Å². The van der Waals surface area contributed by atoms with Gasteiger partial charge >= 0.3 is 20.9 Å². The number of ether oxygens (including phenoxy) is 1. The van der Waals surface area contributed by atoms with Crippen molar-refractivity contribution in [3.05, 3.63) is 32.6 Å². The minimum absolute atomic E-state index is 0.0405. The molecule has 1 aliphatic heterocycles. The molecule has 0 spiro atoms. The van der Waals surface area contributed by atoms with Crippen LogP contribution in [0, 0.1) is 6.92 Å². The number of amides is 2. The van der Waals surface area contributed by atoms with Gasteiger partial charge in [-0.15, -0.1) is 0 Å². The third kappa shape index (κ3) is 8.68. The van der Waals surface area contributed by atoms with Gasteiger partial charge in [-0.3, -0.25) is 33.1 Å². The van der Waals surface area contributed by atoms with Gasteiger partial charge < -0.3 is 43.7 Å². The highest BCUT2D eigenvalue weighted by atomic mass is 31.2. The molecule has 2 heterocycles. The Bertz CT molecular complexity index is 1240. The molecule has 4 atom stereocenters. The fourth-order valence-electron chi connectivity index (χ4n) is 4.07. The van der Waals surface area contributed by atoms with E-state index in [1.807, 2.05) is 4.98 Å². The van der Waals surface area contributed by atoms with Crippen LogP contribution in [0.2, 0.25) is 0 Å². The Morgan fingerprint density at radius 1 is 1.00 bits per heavy atom. The lowest BCUT2D eigenvalue weighted by atomic mass is 10.1. The van der Waals surface area contributed by atoms with Gasteiger partial charge in [-0.2, -0.15) is 0 Å². The Hall–Kier alpha value is -2.20. The van der Waals surface area contributed by atoms with Gasteiger partial charge in [0.1, 0.15) is 12.2 Å². The Labute approximate surface area is 242 Å². The summed E-state index contributed by atoms with van der Waals surface area (Å²) in [4.78, 5) is 51.3. The summed E-state index contributed by atoms with van der Waals surface area (Å²) in [5.41, 5.74) is -3.13. The molecule has 1 aromatic rings. The number of aliphatic hydroxyl groups is 2. The van der Waals surface area contributed by atoms with Crippen LogP contribution in [-0.2, 0) is 41.6 Å². The van der Waals surface area contributed by atoms with Crippen LogP contribution in [0.15, 0.2) is 15.8 Å². The SMILES string of the molecule is CCOP(=O)(OCC)C(NC(=O)CCCNC(=O)[C@H]1O[C@@H](n2cc(C)c(=O)[nH]c2=O)[C@@H](O)[C@H]1O)P(=O)(OCC)OCC. The van der Waals surface area contributed by atoms with Crippen LogP contribution in [0.5, 0.6) is 0 Å². The van der Waals surface area contributed by atoms with Crippen LogP contribution in [0.3, 0.4) is 0 Å². The third-order valence-corrected chi connectivity index (χ3v) is 11.5. The smallest absolute Gasteiger partial charge is 0.365 e. The average Bonchev–Trinajstić information content (AvgIpc) is 3.21. The molecule has 1 aromatic heterocycles. The van der Waals surface area contributed by atoms with Gasteiger partial charge in [0.15, 0.2) is 12.3 Å². The minimum atomic E-state index is -4.21. The van der Waals surface area contributed by atoms with Crippen LogP contribution < -0.4 is 21.9 Å². The van der Waals surface area contributed by atoms with E-state index < -0.39 is 68.3 Å². The summed E-state index contributed by atoms with van der Waals surface area (Å²) in [6.45, 7) is 7.22. The Kier molecular flexibility index (Phi) is 13.7. The second kappa shape index (κ2) is 16.0. The first-order valence-corrected chi connectivity index (χ1v) is 16.7. The molecule has 0 aliphatic carbocycles. The van der Waals surface area contributed by atoms with Gasteiger partial charge in [-0.1, -0.05) is 0 Å². The van der Waals surface area contributed by atoms with E-state index in [-0.39, 0.29) is 51.4 Å². The number of hydrogen-bond donors (Lipinski definition) is 5. The fourth-order valence-corrected chi connectivity index (χ4v) is 9.01. The molecule has 1 fully saturated rings. The first-order valence-electron chi connectivity index (χ1n) is 13.5. The Morgan fingerprint density at radius 2 is 1.52 bits per heavy atom. The van der Waals surface area contributed by atoms with Crippen molar-refractivity contribution in [2.75, 3.05) is 33.0 Å². The van der Waals surface area contributed by atoms with Gasteiger partial charge in [0.25, 0.3) is 11.5 Å². The lowest BCUT2D eigenvalue weighted by molar-refractivity contribution is -0.138. The molecule has 17 nitrogen and oxygen atoms in total. The van der Waals surface area contributed by atoms with Crippen molar-refractivity contribution in [3.63, 3.8) is 0 Å². The molecule has 0 aromatic carbocycles. The topological polar surface area (TPSA) is 234 Å². The predicted octanol–water partition coefficient (Wildman–Crippen LogP) is 0.293. The first kappa shape index (κ1) is 36.0. The highest BCUT2D eigenvalue weighted by Crippen LogP contribution is 2.69. The Balaban J connectivity index is 2.04. The first-order chi connectivity index (χ1) is 19.8. The molecule has 0 unspecified atom stereocenters. The molecular formula is C23H40N4O13P2. The third-order valence-electron chi connectivity index (χ3n) is 5.92. The number of carbonyl (C=O) groups excluding carboxylic acids is 2. The molecule has 5 N–H and O–H groups in total. The molecule has 42 heavy (non-hydrogen) atoms. The summed E-state index contributed by atoms with van der Waals surface area (Å²) < 4.78 is 54.5. The van der Waals surface area contributed by atoms with Gasteiger partial charge in [-0.25, -0.2) is 4.79 Å². The van der Waals surface area contributed by atoms with Crippen molar-refractivity contribution in [1.82, 2.24) is 20.2 Å². The number of nitrogens with zero attached hydrogens (tertiary/aromatic N) is 1. The van der Waals surface area contributed by atoms with Crippen molar-refractivity contribution in [3.8, 4) is 0 Å². The zero-order valence-electron chi connectivity index (χ0n) is 24.1. The van der Waals surface area contributed by atoms with Gasteiger partial charge in [0, 0.05) is 24.7 Å². The van der Waals surface area contributed by atoms with E-state index in [0.29, 0.717) is 0 Å². The predicted molar refractivity (Wildman–Crippen MR) is 148 cm³/mol. The maximum absolute atomic E-state index is 13.5. The van der Waals surface area contributed by atoms with E-state index in [2.05, 4.69) is 10.6 Å². The number of aliphatic hydroxyl groups excluding tert-OH is 2. The highest BCUT2D eigenvalue weighted by Gasteiger charge is 2.52. The summed E-state index contributed by atoms with van der Waals surface area (Å²) in [5.74, 6) is -1.54. The summed E-state index contributed by atoms with van der Waals surface area (Å²) >= 11 is 0. The number of carbonyl (C=O) groups is 2. The summed E-state index contributed by atoms with van der Waals surface area (Å²) in [6.07, 6.45) is -5.43. The zero-order chi connectivity index (χ0) is 31.7. The maximum atomic E-state index is 13.5. The normalized spacial score (nSPS) is 21.0. The van der Waals surface area contributed by atoms with E-state index in [1.54, 1.807) is 27.7 Å². The minimum Gasteiger partial charge on any atom is -0.387 e. The molecule has 1 aliphatic rings. The van der Waals surface area contributed by atoms with Crippen LogP contribution in [0.25, 0.3) is 0 Å². The second-order valence-corrected chi connectivity index (χ2v) is 13.6. The van der Waals surface area contributed by atoms with E-state index in [9.17, 15) is 38.5 Å². The quantitative estimate of drug-likeness (QED) is 0.114. The van der Waals surface area contributed by atoms with Crippen molar-refractivity contribution < 1.29 is 51.8 Å². The van der Waals surface area contributed by atoms with Crippen molar-refractivity contribution in [2.24, 2.45) is 0 Å². The van der Waals surface area contributed by atoms with Crippen LogP contribution in [0.1, 0.15) is 52.3 Å². The molecule has 0 bridgehead atoms. The fraction of sp³-hybridized carbons (Fsp3) is 0.739. The number of rotatable bonds is 17. The Morgan fingerprint density at radius 3 is 2.02 bits per heavy atom. The number of aromatic amines is 1. The van der Waals surface area contributed by atoms with Gasteiger partial charge in [-0.05, 0) is 41.0 Å². The number of nitrogens with one attached hydrogen (secondary N) is 3. The van der Waals surface area contributed by atoms with Gasteiger partial charge in [0.2, 0.25) is 11.4 Å². The van der Waals surface area contributed by atoms with E-state index in [1.165, 1.54) is 6.92 Å². The van der Waals surface area contributed by atoms with Crippen LogP contribution >= 0.6 is 15.2 Å². The summed E-state index contributed by atoms with van der Waals surface area (Å²) in [6, 6.07) is 0. The molecule has 19 heteroatoms. The van der Waals surface area contributed by atoms with Gasteiger partial charge in [0.05, 0.1) is 26.4 Å². The van der Waals surface area contributed by atoms with Crippen molar-refractivity contribution in [1.29, 1.82) is 0 Å². The lowest BCUT2D eigenvalue weighted by Crippen LogP contribution is -2.43. The van der Waals surface area contributed by atoms with Crippen molar-refractivity contribution >= 4 is 27.0 Å². The molecule has 0 radical (unpaired) electrons. The molecule has 0 saturated carbocycles. The maximum Gasteiger partial charge on any atom is 0.365 e. The number of hydrogen-bond acceptors (Lipinski definition) is 13. The zero-order valence-corrected chi connectivity index (χ0v) is 25.9. The monoisotopic (exact) mass is 642 g/mol. The number of H-pyrrole nitrogens is 1. The van der Waals surface area contributed by atoms with Crippen LogP contribution in [0.4, 0.5) is 0 Å². The molecular weight excluding hydrogens is 602 g/mol. The largest absolute Gasteiger partial charge is 0.387 e. The van der Waals surface area contributed by atoms with Crippen molar-refractivity contribution in [2.45, 2.75) is 77.5 Å². The molecule has 240 valence electrons. The average molecular weight is 643 g/mol.